The normalized spacial score (nSPS) is 9.95. The topological polar surface area (TPSA) is 57.6 Å². The number of carbonyl (C=O) groups excluding carboxylic acids is 1. The first kappa shape index (κ1) is 12.8. The molecule has 0 aliphatic rings. The van der Waals surface area contributed by atoms with E-state index >= 15 is 0 Å². The summed E-state index contributed by atoms with van der Waals surface area (Å²) in [6.07, 6.45) is 0. The van der Waals surface area contributed by atoms with E-state index in [1.54, 1.807) is 43.4 Å². The number of hydrogen-bond donors (Lipinski definition) is 1. The number of hydrogen-bond acceptors (Lipinski definition) is 2. The molecule has 0 unspecified atom stereocenters. The Morgan fingerprint density at radius 1 is 0.947 bits per heavy atom. The van der Waals surface area contributed by atoms with Crippen LogP contribution < -0.4 is 4.90 Å². The van der Waals surface area contributed by atoms with Crippen molar-refractivity contribution in [1.82, 2.24) is 0 Å². The van der Waals surface area contributed by atoms with Crippen LogP contribution in [0.25, 0.3) is 0 Å². The Morgan fingerprint density at radius 3 is 2.21 bits per heavy atom. The number of carboxylic acid groups (broad SMARTS) is 1. The van der Waals surface area contributed by atoms with Crippen molar-refractivity contribution in [2.45, 2.75) is 0 Å². The van der Waals surface area contributed by atoms with Crippen molar-refractivity contribution in [2.75, 3.05) is 11.9 Å². The Labute approximate surface area is 110 Å². The molecule has 0 aromatic heterocycles. The van der Waals surface area contributed by atoms with Crippen molar-refractivity contribution in [3.63, 3.8) is 0 Å². The van der Waals surface area contributed by atoms with Gasteiger partial charge in [-0.15, -0.1) is 0 Å². The summed E-state index contributed by atoms with van der Waals surface area (Å²) in [4.78, 5) is 24.5. The number of carboxylic acids is 1. The van der Waals surface area contributed by atoms with Crippen molar-refractivity contribution in [1.29, 1.82) is 0 Å². The molecule has 0 saturated heterocycles. The third-order valence-corrected chi connectivity index (χ3v) is 2.81. The van der Waals surface area contributed by atoms with Crippen LogP contribution in [0.15, 0.2) is 54.6 Å². The molecule has 1 N–H and O–H groups in total. The fraction of sp³-hybridized carbons (Fsp3) is 0.0667. The van der Waals surface area contributed by atoms with Gasteiger partial charge >= 0.3 is 5.97 Å². The number of carbonyl (C=O) groups is 2. The Kier molecular flexibility index (Phi) is 3.61. The number of nitrogens with zero attached hydrogens (tertiary/aromatic N) is 1. The van der Waals surface area contributed by atoms with E-state index in [2.05, 4.69) is 0 Å². The van der Waals surface area contributed by atoms with Crippen molar-refractivity contribution in [3.05, 3.63) is 65.7 Å². The molecule has 2 aromatic rings. The monoisotopic (exact) mass is 255 g/mol. The summed E-state index contributed by atoms with van der Waals surface area (Å²) in [6.45, 7) is 0. The third kappa shape index (κ3) is 2.80. The van der Waals surface area contributed by atoms with E-state index in [1.807, 2.05) is 6.07 Å². The highest BCUT2D eigenvalue weighted by Gasteiger charge is 2.14. The van der Waals surface area contributed by atoms with Crippen LogP contribution in [0.4, 0.5) is 5.69 Å². The fourth-order valence-corrected chi connectivity index (χ4v) is 1.74. The third-order valence-electron chi connectivity index (χ3n) is 2.81. The summed E-state index contributed by atoms with van der Waals surface area (Å²) in [5.41, 5.74) is 1.27. The maximum Gasteiger partial charge on any atom is 0.335 e. The summed E-state index contributed by atoms with van der Waals surface area (Å²) in [5, 5.41) is 8.94. The van der Waals surface area contributed by atoms with Gasteiger partial charge in [-0.1, -0.05) is 24.3 Å². The van der Waals surface area contributed by atoms with Gasteiger partial charge in [0.15, 0.2) is 0 Å². The van der Waals surface area contributed by atoms with E-state index in [4.69, 9.17) is 5.11 Å². The van der Waals surface area contributed by atoms with Gasteiger partial charge in [-0.05, 0) is 30.3 Å². The lowest BCUT2D eigenvalue weighted by atomic mass is 10.1. The average Bonchev–Trinajstić information content (AvgIpc) is 2.46. The molecular weight excluding hydrogens is 242 g/mol. The number of aromatic carboxylic acids is 1. The lowest BCUT2D eigenvalue weighted by Crippen LogP contribution is -2.26. The van der Waals surface area contributed by atoms with Crippen LogP contribution in [0.2, 0.25) is 0 Å². The number of benzene rings is 2. The van der Waals surface area contributed by atoms with Crippen LogP contribution in [0.3, 0.4) is 0 Å². The molecule has 96 valence electrons. The van der Waals surface area contributed by atoms with Crippen LogP contribution in [0, 0.1) is 0 Å². The van der Waals surface area contributed by atoms with Crippen molar-refractivity contribution in [2.24, 2.45) is 0 Å². The Morgan fingerprint density at radius 2 is 1.58 bits per heavy atom. The van der Waals surface area contributed by atoms with E-state index in [1.165, 1.54) is 17.0 Å². The summed E-state index contributed by atoms with van der Waals surface area (Å²) >= 11 is 0. The second kappa shape index (κ2) is 5.35. The quantitative estimate of drug-likeness (QED) is 0.917. The van der Waals surface area contributed by atoms with E-state index < -0.39 is 5.97 Å². The second-order valence-electron chi connectivity index (χ2n) is 4.09. The van der Waals surface area contributed by atoms with Gasteiger partial charge in [0.2, 0.25) is 0 Å². The molecule has 0 aliphatic carbocycles. The van der Waals surface area contributed by atoms with E-state index in [-0.39, 0.29) is 11.5 Å². The van der Waals surface area contributed by atoms with Crippen molar-refractivity contribution >= 4 is 17.6 Å². The second-order valence-corrected chi connectivity index (χ2v) is 4.09. The maximum atomic E-state index is 12.2. The van der Waals surface area contributed by atoms with E-state index in [0.717, 1.165) is 0 Å². The molecule has 1 amide bonds. The lowest BCUT2D eigenvalue weighted by Gasteiger charge is -2.17. The molecule has 0 aliphatic heterocycles. The Bertz CT molecular complexity index is 608. The van der Waals surface area contributed by atoms with Crippen LogP contribution in [0.5, 0.6) is 0 Å². The zero-order valence-corrected chi connectivity index (χ0v) is 10.4. The first-order valence-electron chi connectivity index (χ1n) is 5.76. The SMILES string of the molecule is CN(C(=O)c1ccccc1)c1cccc(C(=O)O)c1. The van der Waals surface area contributed by atoms with Gasteiger partial charge in [0.05, 0.1) is 5.56 Å². The number of rotatable bonds is 3. The van der Waals surface area contributed by atoms with E-state index in [9.17, 15) is 9.59 Å². The summed E-state index contributed by atoms with van der Waals surface area (Å²) < 4.78 is 0. The van der Waals surface area contributed by atoms with E-state index in [0.29, 0.717) is 11.3 Å². The first-order chi connectivity index (χ1) is 9.09. The molecule has 0 radical (unpaired) electrons. The highest BCUT2D eigenvalue weighted by atomic mass is 16.4. The number of amides is 1. The van der Waals surface area contributed by atoms with Crippen molar-refractivity contribution < 1.29 is 14.7 Å². The molecule has 0 saturated carbocycles. The molecule has 0 bridgehead atoms. The zero-order chi connectivity index (χ0) is 13.8. The van der Waals surface area contributed by atoms with Gasteiger partial charge in [0.1, 0.15) is 0 Å². The van der Waals surface area contributed by atoms with Crippen molar-refractivity contribution in [3.8, 4) is 0 Å². The van der Waals surface area contributed by atoms with Gasteiger partial charge in [0.25, 0.3) is 5.91 Å². The Hall–Kier alpha value is -2.62. The van der Waals surface area contributed by atoms with Crippen LogP contribution in [-0.2, 0) is 0 Å². The molecule has 0 atom stereocenters. The van der Waals surface area contributed by atoms with Crippen LogP contribution in [-0.4, -0.2) is 24.0 Å². The maximum absolute atomic E-state index is 12.2. The molecular formula is C15H13NO3. The zero-order valence-electron chi connectivity index (χ0n) is 10.4. The highest BCUT2D eigenvalue weighted by Crippen LogP contribution is 2.17. The molecule has 19 heavy (non-hydrogen) atoms. The molecule has 4 heteroatoms. The van der Waals surface area contributed by atoms with Gasteiger partial charge in [-0.25, -0.2) is 4.79 Å². The lowest BCUT2D eigenvalue weighted by molar-refractivity contribution is 0.0696. The molecule has 2 aromatic carbocycles. The molecule has 0 fully saturated rings. The largest absolute Gasteiger partial charge is 0.478 e. The van der Waals surface area contributed by atoms with Gasteiger partial charge < -0.3 is 10.0 Å². The minimum Gasteiger partial charge on any atom is -0.478 e. The standard InChI is InChI=1S/C15H13NO3/c1-16(14(17)11-6-3-2-4-7-11)13-9-5-8-12(10-13)15(18)19/h2-10H,1H3,(H,18,19). The Balaban J connectivity index is 2.29. The first-order valence-corrected chi connectivity index (χ1v) is 5.76. The van der Waals surface area contributed by atoms with Gasteiger partial charge in [0, 0.05) is 18.3 Å². The fourth-order valence-electron chi connectivity index (χ4n) is 1.74. The predicted molar refractivity (Wildman–Crippen MR) is 72.6 cm³/mol. The summed E-state index contributed by atoms with van der Waals surface area (Å²) in [6, 6.07) is 15.1. The smallest absolute Gasteiger partial charge is 0.335 e. The minimum absolute atomic E-state index is 0.158. The molecule has 4 nitrogen and oxygen atoms in total. The minimum atomic E-state index is -1.01. The average molecular weight is 255 g/mol. The number of anilines is 1. The summed E-state index contributed by atoms with van der Waals surface area (Å²) in [5.74, 6) is -1.19. The van der Waals surface area contributed by atoms with Gasteiger partial charge in [-0.3, -0.25) is 4.79 Å². The predicted octanol–water partition coefficient (Wildman–Crippen LogP) is 2.66. The molecule has 2 rings (SSSR count). The van der Waals surface area contributed by atoms with Gasteiger partial charge in [-0.2, -0.15) is 0 Å². The summed E-state index contributed by atoms with van der Waals surface area (Å²) in [7, 11) is 1.62. The van der Waals surface area contributed by atoms with Crippen LogP contribution >= 0.6 is 0 Å². The molecule has 0 heterocycles. The van der Waals surface area contributed by atoms with Crippen LogP contribution in [0.1, 0.15) is 20.7 Å². The highest BCUT2D eigenvalue weighted by molar-refractivity contribution is 6.06. The molecule has 0 spiro atoms.